The van der Waals surface area contributed by atoms with Gasteiger partial charge in [-0.3, -0.25) is 4.79 Å². The predicted octanol–water partition coefficient (Wildman–Crippen LogP) is 5.47. The molecule has 0 amide bonds. The fraction of sp³-hybridized carbons (Fsp3) is 0.182. The minimum absolute atomic E-state index is 0.142. The highest BCUT2D eigenvalue weighted by Crippen LogP contribution is 2.29. The topological polar surface area (TPSA) is 71.6 Å². The SMILES string of the molecule is Cc1csc(C(C#N)C(=O)CSc2nc3cc(Cl)ccc3n2Cc2ccccc2)n1. The summed E-state index contributed by atoms with van der Waals surface area (Å²) in [4.78, 5) is 21.8. The molecular formula is C22H17ClN4OS2. The summed E-state index contributed by atoms with van der Waals surface area (Å²) in [6.07, 6.45) is 0. The highest BCUT2D eigenvalue weighted by atomic mass is 35.5. The predicted molar refractivity (Wildman–Crippen MR) is 121 cm³/mol. The minimum Gasteiger partial charge on any atom is -0.314 e. The molecule has 4 aromatic rings. The van der Waals surface area contributed by atoms with Gasteiger partial charge in [0.1, 0.15) is 5.01 Å². The van der Waals surface area contributed by atoms with Crippen LogP contribution in [0.1, 0.15) is 22.2 Å². The Bertz CT molecular complexity index is 1240. The Balaban J connectivity index is 1.61. The second kappa shape index (κ2) is 9.00. The molecule has 0 fully saturated rings. The first-order valence-electron chi connectivity index (χ1n) is 9.22. The van der Waals surface area contributed by atoms with E-state index in [2.05, 4.69) is 27.8 Å². The average Bonchev–Trinajstić information content (AvgIpc) is 3.31. The third-order valence-electron chi connectivity index (χ3n) is 4.54. The molecule has 0 saturated carbocycles. The average molecular weight is 453 g/mol. The molecule has 1 unspecified atom stereocenters. The second-order valence-corrected chi connectivity index (χ2v) is 9.01. The van der Waals surface area contributed by atoms with Crippen LogP contribution in [-0.2, 0) is 11.3 Å². The van der Waals surface area contributed by atoms with Crippen LogP contribution in [0.2, 0.25) is 5.02 Å². The third kappa shape index (κ3) is 4.41. The molecule has 0 spiro atoms. The molecular weight excluding hydrogens is 436 g/mol. The van der Waals surface area contributed by atoms with Gasteiger partial charge < -0.3 is 4.57 Å². The number of thiazole rings is 1. The van der Waals surface area contributed by atoms with Crippen LogP contribution in [0, 0.1) is 18.3 Å². The number of halogens is 1. The normalized spacial score (nSPS) is 12.0. The van der Waals surface area contributed by atoms with Crippen LogP contribution in [0.3, 0.4) is 0 Å². The highest BCUT2D eigenvalue weighted by molar-refractivity contribution is 7.99. The zero-order chi connectivity index (χ0) is 21.1. The van der Waals surface area contributed by atoms with E-state index in [-0.39, 0.29) is 11.5 Å². The van der Waals surface area contributed by atoms with Gasteiger partial charge in [0.2, 0.25) is 0 Å². The molecule has 8 heteroatoms. The largest absolute Gasteiger partial charge is 0.314 e. The number of benzene rings is 2. The summed E-state index contributed by atoms with van der Waals surface area (Å²) in [7, 11) is 0. The van der Waals surface area contributed by atoms with Crippen molar-refractivity contribution < 1.29 is 4.79 Å². The van der Waals surface area contributed by atoms with E-state index in [9.17, 15) is 10.1 Å². The molecule has 0 radical (unpaired) electrons. The first kappa shape index (κ1) is 20.6. The van der Waals surface area contributed by atoms with Crippen LogP contribution in [-0.4, -0.2) is 26.1 Å². The molecule has 2 heterocycles. The van der Waals surface area contributed by atoms with E-state index in [1.807, 2.05) is 48.7 Å². The maximum absolute atomic E-state index is 12.8. The lowest BCUT2D eigenvalue weighted by Gasteiger charge is -2.10. The third-order valence-corrected chi connectivity index (χ3v) is 6.80. The zero-order valence-electron chi connectivity index (χ0n) is 16.1. The Kier molecular flexibility index (Phi) is 6.18. The fourth-order valence-electron chi connectivity index (χ4n) is 3.10. The molecule has 30 heavy (non-hydrogen) atoms. The van der Waals surface area contributed by atoms with Gasteiger partial charge in [0, 0.05) is 16.1 Å². The summed E-state index contributed by atoms with van der Waals surface area (Å²) >= 11 is 8.83. The van der Waals surface area contributed by atoms with E-state index in [0.717, 1.165) is 27.4 Å². The molecule has 0 aliphatic carbocycles. The Morgan fingerprint density at radius 3 is 2.77 bits per heavy atom. The monoisotopic (exact) mass is 452 g/mol. The number of nitrogens with zero attached hydrogens (tertiary/aromatic N) is 4. The lowest BCUT2D eigenvalue weighted by Crippen LogP contribution is -2.14. The Morgan fingerprint density at radius 2 is 2.07 bits per heavy atom. The number of carbonyl (C=O) groups excluding carboxylic acids is 1. The molecule has 0 aliphatic rings. The molecule has 0 bridgehead atoms. The van der Waals surface area contributed by atoms with Crippen LogP contribution in [0.5, 0.6) is 0 Å². The maximum Gasteiger partial charge on any atom is 0.169 e. The van der Waals surface area contributed by atoms with Gasteiger partial charge in [-0.2, -0.15) is 5.26 Å². The number of ketones is 1. The van der Waals surface area contributed by atoms with E-state index < -0.39 is 5.92 Å². The first-order valence-corrected chi connectivity index (χ1v) is 11.5. The van der Waals surface area contributed by atoms with Gasteiger partial charge in [0.05, 0.1) is 29.4 Å². The number of Topliss-reactive ketones (excluding diaryl/α,β-unsaturated/α-hetero) is 1. The van der Waals surface area contributed by atoms with Crippen molar-refractivity contribution in [2.45, 2.75) is 24.5 Å². The number of imidazole rings is 1. The number of nitriles is 1. The van der Waals surface area contributed by atoms with Crippen molar-refractivity contribution in [3.05, 3.63) is 75.2 Å². The van der Waals surface area contributed by atoms with Gasteiger partial charge in [0.25, 0.3) is 0 Å². The van der Waals surface area contributed by atoms with E-state index in [1.54, 1.807) is 0 Å². The van der Waals surface area contributed by atoms with Crippen molar-refractivity contribution >= 4 is 51.5 Å². The number of aryl methyl sites for hydroxylation is 1. The molecule has 0 saturated heterocycles. The molecule has 0 aliphatic heterocycles. The molecule has 0 N–H and O–H groups in total. The quantitative estimate of drug-likeness (QED) is 0.347. The number of hydrogen-bond acceptors (Lipinski definition) is 6. The van der Waals surface area contributed by atoms with Gasteiger partial charge in [-0.15, -0.1) is 11.3 Å². The number of hydrogen-bond donors (Lipinski definition) is 0. The Labute approximate surface area is 187 Å². The van der Waals surface area contributed by atoms with Gasteiger partial charge >= 0.3 is 0 Å². The molecule has 150 valence electrons. The number of thioether (sulfide) groups is 1. The summed E-state index contributed by atoms with van der Waals surface area (Å²) in [6, 6.07) is 17.8. The van der Waals surface area contributed by atoms with Crippen molar-refractivity contribution in [1.29, 1.82) is 5.26 Å². The second-order valence-electron chi connectivity index (χ2n) is 6.74. The van der Waals surface area contributed by atoms with E-state index in [1.165, 1.54) is 23.1 Å². The van der Waals surface area contributed by atoms with Gasteiger partial charge in [-0.25, -0.2) is 9.97 Å². The lowest BCUT2D eigenvalue weighted by atomic mass is 10.1. The summed E-state index contributed by atoms with van der Waals surface area (Å²) in [5.74, 6) is -0.881. The van der Waals surface area contributed by atoms with Gasteiger partial charge in [-0.05, 0) is 30.7 Å². The van der Waals surface area contributed by atoms with Crippen molar-refractivity contribution in [1.82, 2.24) is 14.5 Å². The molecule has 1 atom stereocenters. The summed E-state index contributed by atoms with van der Waals surface area (Å²) in [5, 5.41) is 13.2. The maximum atomic E-state index is 12.8. The van der Waals surface area contributed by atoms with Gasteiger partial charge in [-0.1, -0.05) is 53.7 Å². The molecule has 4 rings (SSSR count). The van der Waals surface area contributed by atoms with E-state index in [0.29, 0.717) is 16.6 Å². The van der Waals surface area contributed by atoms with Crippen LogP contribution >= 0.6 is 34.7 Å². The fourth-order valence-corrected chi connectivity index (χ4v) is 5.05. The smallest absolute Gasteiger partial charge is 0.169 e. The van der Waals surface area contributed by atoms with Gasteiger partial charge in [0.15, 0.2) is 16.9 Å². The van der Waals surface area contributed by atoms with Crippen LogP contribution in [0.4, 0.5) is 0 Å². The summed E-state index contributed by atoms with van der Waals surface area (Å²) in [5.41, 5.74) is 3.68. The number of aromatic nitrogens is 3. The summed E-state index contributed by atoms with van der Waals surface area (Å²) < 4.78 is 2.08. The van der Waals surface area contributed by atoms with E-state index >= 15 is 0 Å². The minimum atomic E-state index is -0.849. The van der Waals surface area contributed by atoms with Crippen molar-refractivity contribution in [3.63, 3.8) is 0 Å². The number of rotatable bonds is 7. The van der Waals surface area contributed by atoms with Crippen molar-refractivity contribution in [2.75, 3.05) is 5.75 Å². The highest BCUT2D eigenvalue weighted by Gasteiger charge is 2.24. The first-order chi connectivity index (χ1) is 14.5. The van der Waals surface area contributed by atoms with Crippen molar-refractivity contribution in [2.24, 2.45) is 0 Å². The standard InChI is InChI=1S/C22H17ClN4OS2/c1-14-12-29-21(25-14)17(10-24)20(28)13-30-22-26-18-9-16(23)7-8-19(18)27(22)11-15-5-3-2-4-6-15/h2-9,12,17H,11,13H2,1H3. The van der Waals surface area contributed by atoms with Crippen LogP contribution < -0.4 is 0 Å². The van der Waals surface area contributed by atoms with Crippen LogP contribution in [0.25, 0.3) is 11.0 Å². The number of fused-ring (bicyclic) bond motifs is 1. The molecule has 2 aromatic carbocycles. The molecule has 5 nitrogen and oxygen atoms in total. The Morgan fingerprint density at radius 1 is 1.27 bits per heavy atom. The number of carbonyl (C=O) groups is 1. The Hall–Kier alpha value is -2.66. The van der Waals surface area contributed by atoms with E-state index in [4.69, 9.17) is 16.6 Å². The zero-order valence-corrected chi connectivity index (χ0v) is 18.5. The lowest BCUT2D eigenvalue weighted by molar-refractivity contribution is -0.116. The molecule has 2 aromatic heterocycles. The van der Waals surface area contributed by atoms with Crippen LogP contribution in [0.15, 0.2) is 59.1 Å². The van der Waals surface area contributed by atoms with Crippen molar-refractivity contribution in [3.8, 4) is 6.07 Å². The summed E-state index contributed by atoms with van der Waals surface area (Å²) in [6.45, 7) is 2.48.